The molecule has 0 saturated carbocycles. The van der Waals surface area contributed by atoms with E-state index in [-0.39, 0.29) is 5.92 Å². The van der Waals surface area contributed by atoms with Crippen molar-refractivity contribution in [3.05, 3.63) is 0 Å². The molecule has 0 heterocycles. The Morgan fingerprint density at radius 1 is 1.80 bits per heavy atom. The Hall–Kier alpha value is -0.570. The van der Waals surface area contributed by atoms with Gasteiger partial charge in [-0.3, -0.25) is 9.59 Å². The van der Waals surface area contributed by atoms with Crippen LogP contribution in [-0.2, 0) is 9.59 Å². The summed E-state index contributed by atoms with van der Waals surface area (Å²) in [5, 5.41) is 1.49. The first-order valence-corrected chi connectivity index (χ1v) is 3.29. The van der Waals surface area contributed by atoms with E-state index in [4.69, 9.17) is 13.0 Å². The van der Waals surface area contributed by atoms with E-state index >= 15 is 0 Å². The predicted octanol–water partition coefficient (Wildman–Crippen LogP) is 0.522. The highest BCUT2D eigenvalue weighted by atomic mass is 35.5. The molecule has 0 aliphatic rings. The van der Waals surface area contributed by atoms with E-state index in [0.717, 1.165) is 0 Å². The molecule has 1 N–H and O–H groups in total. The average molecular weight is 165 g/mol. The van der Waals surface area contributed by atoms with Gasteiger partial charge in [-0.1, -0.05) is 13.8 Å². The van der Waals surface area contributed by atoms with E-state index in [0.29, 0.717) is 0 Å². The lowest BCUT2D eigenvalue weighted by Crippen LogP contribution is -2.37. The van der Waals surface area contributed by atoms with E-state index in [1.54, 1.807) is 13.8 Å². The quantitative estimate of drug-likeness (QED) is 0.489. The Bertz CT molecular complexity index is 172. The van der Waals surface area contributed by atoms with Crippen LogP contribution in [0.2, 0.25) is 0 Å². The third kappa shape index (κ3) is 2.82. The predicted molar refractivity (Wildman–Crippen MR) is 38.7 cm³/mol. The Labute approximate surface area is 66.1 Å². The van der Waals surface area contributed by atoms with Gasteiger partial charge in [0.15, 0.2) is 0 Å². The summed E-state index contributed by atoms with van der Waals surface area (Å²) in [5.74, 6) is -0.0886. The fourth-order valence-electron chi connectivity index (χ4n) is 0.549. The molecule has 0 aliphatic heterocycles. The third-order valence-corrected chi connectivity index (χ3v) is 1.36. The molecule has 0 aromatic heterocycles. The van der Waals surface area contributed by atoms with E-state index in [1.165, 1.54) is 0 Å². The molecule has 3 nitrogen and oxygen atoms in total. The second kappa shape index (κ2) is 4.28. The van der Waals surface area contributed by atoms with Gasteiger partial charge in [-0.15, -0.1) is 0 Å². The lowest BCUT2D eigenvalue weighted by atomic mass is 10.1. The molecule has 0 spiro atoms. The molecule has 0 aliphatic carbocycles. The highest BCUT2D eigenvalue weighted by Crippen LogP contribution is 2.03. The van der Waals surface area contributed by atoms with E-state index in [2.05, 4.69) is 5.32 Å². The van der Waals surface area contributed by atoms with Crippen LogP contribution in [0.3, 0.4) is 0 Å². The molecular formula is C6H10ClNO2. The van der Waals surface area contributed by atoms with Crippen molar-refractivity contribution in [2.24, 2.45) is 5.92 Å². The molecule has 1 atom stereocenters. The van der Waals surface area contributed by atoms with Crippen molar-refractivity contribution < 1.29 is 11.0 Å². The highest BCUT2D eigenvalue weighted by Gasteiger charge is 2.18. The number of nitrogens with one attached hydrogen (secondary N) is 1. The summed E-state index contributed by atoms with van der Waals surface area (Å²) in [6, 6.07) is -0.748. The van der Waals surface area contributed by atoms with Crippen LogP contribution in [0.5, 0.6) is 0 Å². The molecule has 0 aromatic carbocycles. The van der Waals surface area contributed by atoms with Crippen molar-refractivity contribution in [1.29, 1.82) is 0 Å². The summed E-state index contributed by atoms with van der Waals surface area (Å²) in [6.45, 7) is 3.47. The van der Waals surface area contributed by atoms with Crippen molar-refractivity contribution in [3.8, 4) is 0 Å². The summed E-state index contributed by atoms with van der Waals surface area (Å²) in [5.41, 5.74) is 0. The van der Waals surface area contributed by atoms with Gasteiger partial charge in [-0.05, 0) is 17.5 Å². The maximum atomic E-state index is 10.6. The molecule has 0 aromatic rings. The monoisotopic (exact) mass is 164 g/mol. The number of amides is 1. The Kier molecular flexibility index (Phi) is 3.22. The average Bonchev–Trinajstić information content (AvgIpc) is 1.81. The Balaban J connectivity index is 4.12. The lowest BCUT2D eigenvalue weighted by Gasteiger charge is -2.14. The molecule has 0 rings (SSSR count). The van der Waals surface area contributed by atoms with Gasteiger partial charge in [-0.2, -0.15) is 0 Å². The van der Waals surface area contributed by atoms with Crippen LogP contribution in [0, 0.1) is 5.92 Å². The third-order valence-electron chi connectivity index (χ3n) is 1.13. The van der Waals surface area contributed by atoms with Gasteiger partial charge in [0.1, 0.15) is 7.41 Å². The number of carbonyl (C=O) groups is 2. The minimum absolute atomic E-state index is 0.0886. The maximum absolute atomic E-state index is 10.6. The van der Waals surface area contributed by atoms with E-state index < -0.39 is 17.7 Å². The number of rotatable bonds is 3. The standard InChI is InChI=1S/C6H10ClNO2/c1-4(2)5(6(7)10)8-3-9/h3-5H,1-2H3,(H,8,9)/t5-/m0/s1/i3D. The first kappa shape index (κ1) is 7.54. The largest absolute Gasteiger partial charge is 0.347 e. The molecule has 58 valence electrons. The molecule has 10 heavy (non-hydrogen) atoms. The highest BCUT2D eigenvalue weighted by molar-refractivity contribution is 6.64. The Morgan fingerprint density at radius 2 is 2.30 bits per heavy atom. The summed E-state index contributed by atoms with van der Waals surface area (Å²) in [6.07, 6.45) is -0.988. The number of hydrogen-bond donors (Lipinski definition) is 1. The smallest absolute Gasteiger partial charge is 0.244 e. The van der Waals surface area contributed by atoms with Gasteiger partial charge in [0.25, 0.3) is 0 Å². The van der Waals surface area contributed by atoms with Crippen LogP contribution >= 0.6 is 11.6 Å². The zero-order chi connectivity index (χ0) is 9.02. The minimum atomic E-state index is -0.988. The van der Waals surface area contributed by atoms with Crippen LogP contribution in [0.4, 0.5) is 0 Å². The van der Waals surface area contributed by atoms with E-state index in [1.807, 2.05) is 0 Å². The van der Waals surface area contributed by atoms with Crippen molar-refractivity contribution in [2.45, 2.75) is 19.9 Å². The van der Waals surface area contributed by atoms with Crippen molar-refractivity contribution in [2.75, 3.05) is 0 Å². The fourth-order valence-corrected chi connectivity index (χ4v) is 0.855. The zero-order valence-corrected chi connectivity index (χ0v) is 6.61. The molecule has 0 radical (unpaired) electrons. The van der Waals surface area contributed by atoms with Gasteiger partial charge in [0.2, 0.25) is 11.6 Å². The molecule has 1 amide bonds. The van der Waals surface area contributed by atoms with Crippen LogP contribution < -0.4 is 5.32 Å². The first-order valence-electron chi connectivity index (χ1n) is 3.41. The summed E-state index contributed by atoms with van der Waals surface area (Å²) in [7, 11) is 0. The van der Waals surface area contributed by atoms with Gasteiger partial charge in [0, 0.05) is 0 Å². The molecule has 0 bridgehead atoms. The van der Waals surface area contributed by atoms with Crippen LogP contribution in [0.15, 0.2) is 0 Å². The summed E-state index contributed by atoms with van der Waals surface area (Å²) in [4.78, 5) is 20.8. The first-order chi connectivity index (χ1) is 4.95. The number of hydrogen-bond acceptors (Lipinski definition) is 2. The summed E-state index contributed by atoms with van der Waals surface area (Å²) >= 11 is 5.15. The van der Waals surface area contributed by atoms with Gasteiger partial charge in [-0.25, -0.2) is 0 Å². The second-order valence-electron chi connectivity index (χ2n) is 2.27. The van der Waals surface area contributed by atoms with Crippen molar-refractivity contribution >= 4 is 23.2 Å². The van der Waals surface area contributed by atoms with Gasteiger partial charge in [0.05, 0.1) is 0 Å². The Morgan fingerprint density at radius 3 is 2.40 bits per heavy atom. The molecule has 4 heteroatoms. The van der Waals surface area contributed by atoms with E-state index in [9.17, 15) is 9.59 Å². The number of carbonyl (C=O) groups excluding carboxylic acids is 2. The normalized spacial score (nSPS) is 14.2. The zero-order valence-electron chi connectivity index (χ0n) is 6.85. The van der Waals surface area contributed by atoms with Crippen LogP contribution in [0.1, 0.15) is 15.2 Å². The van der Waals surface area contributed by atoms with Crippen LogP contribution in [-0.4, -0.2) is 17.7 Å². The molecular weight excluding hydrogens is 154 g/mol. The second-order valence-corrected chi connectivity index (χ2v) is 2.64. The molecule has 0 unspecified atom stereocenters. The SMILES string of the molecule is [2H]C(=O)N[C@H](C(=O)Cl)C(C)C. The van der Waals surface area contributed by atoms with Crippen LogP contribution in [0.25, 0.3) is 0 Å². The van der Waals surface area contributed by atoms with Crippen molar-refractivity contribution in [3.63, 3.8) is 0 Å². The van der Waals surface area contributed by atoms with Crippen molar-refractivity contribution in [1.82, 2.24) is 5.32 Å². The molecule has 0 fully saturated rings. The molecule has 0 saturated heterocycles. The van der Waals surface area contributed by atoms with Gasteiger partial charge < -0.3 is 5.32 Å². The topological polar surface area (TPSA) is 46.2 Å². The van der Waals surface area contributed by atoms with Gasteiger partial charge >= 0.3 is 0 Å². The lowest BCUT2D eigenvalue weighted by molar-refractivity contribution is -0.118. The maximum Gasteiger partial charge on any atom is 0.244 e. The summed E-state index contributed by atoms with van der Waals surface area (Å²) < 4.78 is 6.53. The fraction of sp³-hybridized carbons (Fsp3) is 0.667. The number of halogens is 1. The minimum Gasteiger partial charge on any atom is -0.347 e.